The highest BCUT2D eigenvalue weighted by atomic mass is 16.5. The molecule has 0 fully saturated rings. The van der Waals surface area contributed by atoms with E-state index in [1.54, 1.807) is 18.0 Å². The Morgan fingerprint density at radius 1 is 1.04 bits per heavy atom. The van der Waals surface area contributed by atoms with Crippen LogP contribution in [0.3, 0.4) is 0 Å². The summed E-state index contributed by atoms with van der Waals surface area (Å²) in [7, 11) is 1.74. The second-order valence-electron chi connectivity index (χ2n) is 7.14. The number of amides is 2. The van der Waals surface area contributed by atoms with Crippen molar-refractivity contribution in [1.29, 1.82) is 0 Å². The Hall–Kier alpha value is -3.02. The van der Waals surface area contributed by atoms with Crippen LogP contribution in [0.15, 0.2) is 36.4 Å². The predicted octanol–water partition coefficient (Wildman–Crippen LogP) is 3.10. The maximum Gasteiger partial charge on any atom is 0.260 e. The number of anilines is 1. The summed E-state index contributed by atoms with van der Waals surface area (Å²) >= 11 is 0. The molecule has 1 N–H and O–H groups in total. The van der Waals surface area contributed by atoms with Gasteiger partial charge in [-0.25, -0.2) is 0 Å². The summed E-state index contributed by atoms with van der Waals surface area (Å²) < 4.78 is 11.4. The lowest BCUT2D eigenvalue weighted by Crippen LogP contribution is -2.34. The molecular weight excluding hydrogens is 356 g/mol. The molecule has 0 atom stereocenters. The lowest BCUT2D eigenvalue weighted by Gasteiger charge is -2.19. The van der Waals surface area contributed by atoms with Crippen LogP contribution in [0.4, 0.5) is 5.69 Å². The minimum Gasteiger partial charge on any atom is -0.492 e. The Morgan fingerprint density at radius 2 is 1.79 bits per heavy atom. The Balaban J connectivity index is 1.45. The summed E-state index contributed by atoms with van der Waals surface area (Å²) in [6.45, 7) is 4.92. The van der Waals surface area contributed by atoms with E-state index >= 15 is 0 Å². The highest BCUT2D eigenvalue weighted by Gasteiger charge is 2.16. The van der Waals surface area contributed by atoms with Crippen LogP contribution in [0.1, 0.15) is 23.1 Å². The molecule has 1 aliphatic heterocycles. The Morgan fingerprint density at radius 3 is 2.54 bits per heavy atom. The van der Waals surface area contributed by atoms with Gasteiger partial charge in [-0.1, -0.05) is 6.07 Å². The first kappa shape index (κ1) is 19.7. The van der Waals surface area contributed by atoms with Crippen LogP contribution in [0.25, 0.3) is 0 Å². The molecule has 148 valence electrons. The molecule has 0 unspecified atom stereocenters. The van der Waals surface area contributed by atoms with Crippen molar-refractivity contribution in [3.05, 3.63) is 53.1 Å². The summed E-state index contributed by atoms with van der Waals surface area (Å²) in [4.78, 5) is 25.3. The van der Waals surface area contributed by atoms with Crippen molar-refractivity contribution < 1.29 is 19.1 Å². The molecule has 3 rings (SSSR count). The Kier molecular flexibility index (Phi) is 6.19. The first-order valence-corrected chi connectivity index (χ1v) is 9.41. The van der Waals surface area contributed by atoms with E-state index in [0.29, 0.717) is 31.7 Å². The highest BCUT2D eigenvalue weighted by molar-refractivity contribution is 5.94. The van der Waals surface area contributed by atoms with Crippen LogP contribution in [0, 0.1) is 13.8 Å². The molecule has 6 nitrogen and oxygen atoms in total. The second kappa shape index (κ2) is 8.78. The molecule has 2 aromatic carbocycles. The fourth-order valence-electron chi connectivity index (χ4n) is 3.15. The largest absolute Gasteiger partial charge is 0.492 e. The fraction of sp³-hybridized carbons (Fsp3) is 0.364. The quantitative estimate of drug-likeness (QED) is 0.799. The number of ether oxygens (including phenoxy) is 2. The van der Waals surface area contributed by atoms with E-state index in [2.05, 4.69) is 11.4 Å². The predicted molar refractivity (Wildman–Crippen MR) is 108 cm³/mol. The average Bonchev–Trinajstić information content (AvgIpc) is 2.65. The number of nitrogens with one attached hydrogen (secondary N) is 1. The fourth-order valence-corrected chi connectivity index (χ4v) is 3.15. The van der Waals surface area contributed by atoms with Crippen LogP contribution < -0.4 is 14.8 Å². The molecule has 1 aliphatic rings. The maximum absolute atomic E-state index is 12.3. The van der Waals surface area contributed by atoms with Gasteiger partial charge in [0.1, 0.15) is 18.1 Å². The smallest absolute Gasteiger partial charge is 0.260 e. The molecular formula is C22H26N2O4. The third kappa shape index (κ3) is 5.25. The van der Waals surface area contributed by atoms with Gasteiger partial charge in [-0.05, 0) is 67.3 Å². The normalized spacial score (nSPS) is 12.8. The van der Waals surface area contributed by atoms with E-state index < -0.39 is 0 Å². The van der Waals surface area contributed by atoms with E-state index in [0.717, 1.165) is 28.1 Å². The highest BCUT2D eigenvalue weighted by Crippen LogP contribution is 2.26. The number of likely N-dealkylation sites (N-methyl/N-ethyl adjacent to an activating group) is 1. The summed E-state index contributed by atoms with van der Waals surface area (Å²) in [6.07, 6.45) is 1.15. The number of aryl methyl sites for hydroxylation is 3. The summed E-state index contributed by atoms with van der Waals surface area (Å²) in [5.41, 5.74) is 4.14. The first-order chi connectivity index (χ1) is 13.4. The molecule has 0 saturated carbocycles. The minimum absolute atomic E-state index is 0.0287. The Bertz CT molecular complexity index is 859. The number of fused-ring (bicyclic) bond motifs is 1. The van der Waals surface area contributed by atoms with Gasteiger partial charge < -0.3 is 19.7 Å². The van der Waals surface area contributed by atoms with Gasteiger partial charge in [-0.15, -0.1) is 0 Å². The van der Waals surface area contributed by atoms with Crippen molar-refractivity contribution in [2.24, 2.45) is 0 Å². The van der Waals surface area contributed by atoms with Crippen molar-refractivity contribution in [3.8, 4) is 11.5 Å². The van der Waals surface area contributed by atoms with Gasteiger partial charge in [-0.2, -0.15) is 0 Å². The van der Waals surface area contributed by atoms with Crippen LogP contribution in [-0.4, -0.2) is 43.5 Å². The standard InChI is InChI=1S/C22H26N2O4/c1-15-10-16(2)12-19(11-15)27-9-8-24(3)22(26)14-28-18-5-6-20-17(13-18)4-7-21(25)23-20/h5-6,10-13H,4,7-9,14H2,1-3H3,(H,23,25). The minimum atomic E-state index is -0.116. The SMILES string of the molecule is Cc1cc(C)cc(OCCN(C)C(=O)COc2ccc3c(c2)CCC(=O)N3)c1. The van der Waals surface area contributed by atoms with Crippen LogP contribution in [-0.2, 0) is 16.0 Å². The molecule has 0 saturated heterocycles. The van der Waals surface area contributed by atoms with Gasteiger partial charge in [0.2, 0.25) is 5.91 Å². The lowest BCUT2D eigenvalue weighted by molar-refractivity contribution is -0.132. The van der Waals surface area contributed by atoms with Crippen LogP contribution in [0.2, 0.25) is 0 Å². The molecule has 2 aromatic rings. The van der Waals surface area contributed by atoms with Crippen molar-refractivity contribution in [2.45, 2.75) is 26.7 Å². The number of hydrogen-bond acceptors (Lipinski definition) is 4. The number of carbonyl (C=O) groups excluding carboxylic acids is 2. The third-order valence-corrected chi connectivity index (χ3v) is 4.65. The van der Waals surface area contributed by atoms with Gasteiger partial charge in [0, 0.05) is 19.2 Å². The van der Waals surface area contributed by atoms with Crippen molar-refractivity contribution in [1.82, 2.24) is 4.90 Å². The van der Waals surface area contributed by atoms with Crippen LogP contribution >= 0.6 is 0 Å². The zero-order valence-corrected chi connectivity index (χ0v) is 16.6. The topological polar surface area (TPSA) is 67.9 Å². The molecule has 2 amide bonds. The van der Waals surface area contributed by atoms with Crippen molar-refractivity contribution in [3.63, 3.8) is 0 Å². The number of nitrogens with zero attached hydrogens (tertiary/aromatic N) is 1. The van der Waals surface area contributed by atoms with Crippen molar-refractivity contribution in [2.75, 3.05) is 32.1 Å². The first-order valence-electron chi connectivity index (χ1n) is 9.41. The van der Waals surface area contributed by atoms with E-state index in [4.69, 9.17) is 9.47 Å². The van der Waals surface area contributed by atoms with E-state index in [9.17, 15) is 9.59 Å². The molecule has 0 aliphatic carbocycles. The lowest BCUT2D eigenvalue weighted by atomic mass is 10.0. The van der Waals surface area contributed by atoms with E-state index in [-0.39, 0.29) is 18.4 Å². The number of carbonyl (C=O) groups is 2. The molecule has 0 aromatic heterocycles. The van der Waals surface area contributed by atoms with Gasteiger partial charge in [0.15, 0.2) is 6.61 Å². The number of benzene rings is 2. The monoisotopic (exact) mass is 382 g/mol. The number of rotatable bonds is 7. The van der Waals surface area contributed by atoms with E-state index in [1.807, 2.05) is 38.1 Å². The van der Waals surface area contributed by atoms with Gasteiger partial charge in [0.05, 0.1) is 6.54 Å². The van der Waals surface area contributed by atoms with Crippen molar-refractivity contribution >= 4 is 17.5 Å². The summed E-state index contributed by atoms with van der Waals surface area (Å²) in [5, 5.41) is 2.83. The zero-order valence-electron chi connectivity index (χ0n) is 16.6. The summed E-state index contributed by atoms with van der Waals surface area (Å²) in [5.74, 6) is 1.36. The molecule has 0 radical (unpaired) electrons. The molecule has 1 heterocycles. The zero-order chi connectivity index (χ0) is 20.1. The Labute approximate surface area is 165 Å². The van der Waals surface area contributed by atoms with Gasteiger partial charge in [0.25, 0.3) is 5.91 Å². The van der Waals surface area contributed by atoms with E-state index in [1.165, 1.54) is 0 Å². The average molecular weight is 382 g/mol. The molecule has 28 heavy (non-hydrogen) atoms. The number of hydrogen-bond donors (Lipinski definition) is 1. The van der Waals surface area contributed by atoms with Gasteiger partial charge in [-0.3, -0.25) is 9.59 Å². The third-order valence-electron chi connectivity index (χ3n) is 4.65. The maximum atomic E-state index is 12.3. The van der Waals surface area contributed by atoms with Crippen LogP contribution in [0.5, 0.6) is 11.5 Å². The molecule has 6 heteroatoms. The molecule has 0 bridgehead atoms. The summed E-state index contributed by atoms with van der Waals surface area (Å²) in [6, 6.07) is 11.5. The second-order valence-corrected chi connectivity index (χ2v) is 7.14. The van der Waals surface area contributed by atoms with Gasteiger partial charge >= 0.3 is 0 Å². The molecule has 0 spiro atoms.